The van der Waals surface area contributed by atoms with Crippen LogP contribution in [0.4, 0.5) is 0 Å². The number of aryl methyl sites for hydroxylation is 2. The maximum Gasteiger partial charge on any atom is 0.242 e. The number of benzene rings is 2. The molecule has 1 fully saturated rings. The van der Waals surface area contributed by atoms with E-state index in [1.807, 2.05) is 62.4 Å². The van der Waals surface area contributed by atoms with Crippen molar-refractivity contribution in [1.29, 1.82) is 0 Å². The topological polar surface area (TPSA) is 49.4 Å². The van der Waals surface area contributed by atoms with Crippen molar-refractivity contribution in [3.63, 3.8) is 0 Å². The predicted octanol–water partition coefficient (Wildman–Crippen LogP) is 5.45. The van der Waals surface area contributed by atoms with E-state index in [2.05, 4.69) is 5.32 Å². The average molecular weight is 441 g/mol. The Morgan fingerprint density at radius 1 is 1.06 bits per heavy atom. The van der Waals surface area contributed by atoms with Crippen molar-refractivity contribution in [1.82, 2.24) is 10.2 Å². The Labute approximate surface area is 191 Å². The molecule has 0 radical (unpaired) electrons. The number of nitrogens with zero attached hydrogens (tertiary/aromatic N) is 1. The normalized spacial score (nSPS) is 15.3. The van der Waals surface area contributed by atoms with Gasteiger partial charge in [-0.1, -0.05) is 78.9 Å². The molecule has 0 unspecified atom stereocenters. The van der Waals surface area contributed by atoms with Gasteiger partial charge in [-0.25, -0.2) is 0 Å². The van der Waals surface area contributed by atoms with E-state index in [-0.39, 0.29) is 17.9 Å². The fraction of sp³-hybridized carbons (Fsp3) is 0.462. The van der Waals surface area contributed by atoms with Crippen molar-refractivity contribution in [3.05, 3.63) is 70.2 Å². The number of carbonyl (C=O) groups excluding carboxylic acids is 2. The molecule has 166 valence electrons. The first-order valence-corrected chi connectivity index (χ1v) is 11.7. The summed E-state index contributed by atoms with van der Waals surface area (Å²) in [4.78, 5) is 28.0. The first-order chi connectivity index (χ1) is 14.9. The fourth-order valence-electron chi connectivity index (χ4n) is 4.13. The highest BCUT2D eigenvalue weighted by molar-refractivity contribution is 6.31. The third kappa shape index (κ3) is 6.83. The summed E-state index contributed by atoms with van der Waals surface area (Å²) in [6.45, 7) is 4.29. The quantitative estimate of drug-likeness (QED) is 0.593. The van der Waals surface area contributed by atoms with Gasteiger partial charge in [0.25, 0.3) is 0 Å². The van der Waals surface area contributed by atoms with Crippen LogP contribution in [0.1, 0.15) is 62.1 Å². The number of amides is 2. The minimum atomic E-state index is -0.526. The molecule has 1 saturated carbocycles. The zero-order valence-corrected chi connectivity index (χ0v) is 19.3. The summed E-state index contributed by atoms with van der Waals surface area (Å²) in [6.07, 6.45) is 6.47. The molecule has 3 rings (SSSR count). The smallest absolute Gasteiger partial charge is 0.242 e. The Balaban J connectivity index is 1.70. The molecule has 1 aliphatic rings. The van der Waals surface area contributed by atoms with E-state index in [4.69, 9.17) is 11.6 Å². The van der Waals surface area contributed by atoms with Crippen molar-refractivity contribution < 1.29 is 9.59 Å². The van der Waals surface area contributed by atoms with Gasteiger partial charge in [0.2, 0.25) is 11.8 Å². The first kappa shape index (κ1) is 23.3. The molecule has 5 heteroatoms. The second-order valence-corrected chi connectivity index (χ2v) is 9.03. The summed E-state index contributed by atoms with van der Waals surface area (Å²) in [5, 5.41) is 3.85. The Morgan fingerprint density at radius 3 is 2.42 bits per heavy atom. The van der Waals surface area contributed by atoms with Gasteiger partial charge < -0.3 is 10.2 Å². The maximum absolute atomic E-state index is 13.2. The van der Waals surface area contributed by atoms with Crippen LogP contribution in [-0.2, 0) is 22.6 Å². The molecular weight excluding hydrogens is 408 g/mol. The minimum absolute atomic E-state index is 0.0354. The average Bonchev–Trinajstić information content (AvgIpc) is 2.78. The van der Waals surface area contributed by atoms with Crippen LogP contribution < -0.4 is 5.32 Å². The van der Waals surface area contributed by atoms with E-state index in [0.29, 0.717) is 24.4 Å². The van der Waals surface area contributed by atoms with E-state index < -0.39 is 6.04 Å². The van der Waals surface area contributed by atoms with E-state index in [1.165, 1.54) is 12.0 Å². The second kappa shape index (κ2) is 11.3. The van der Waals surface area contributed by atoms with Crippen LogP contribution in [-0.4, -0.2) is 28.8 Å². The van der Waals surface area contributed by atoms with Crippen molar-refractivity contribution in [2.24, 2.45) is 0 Å². The molecule has 0 saturated heterocycles. The number of carbonyl (C=O) groups is 2. The van der Waals surface area contributed by atoms with Crippen LogP contribution in [0.15, 0.2) is 48.5 Å². The molecule has 0 heterocycles. The monoisotopic (exact) mass is 440 g/mol. The Kier molecular flexibility index (Phi) is 8.53. The molecule has 0 aromatic heterocycles. The summed E-state index contributed by atoms with van der Waals surface area (Å²) in [5.41, 5.74) is 3.14. The molecule has 0 bridgehead atoms. The number of hydrogen-bond acceptors (Lipinski definition) is 2. The zero-order valence-electron chi connectivity index (χ0n) is 18.6. The Bertz CT molecular complexity index is 875. The van der Waals surface area contributed by atoms with E-state index in [1.54, 1.807) is 4.90 Å². The highest BCUT2D eigenvalue weighted by Crippen LogP contribution is 2.20. The summed E-state index contributed by atoms with van der Waals surface area (Å²) in [7, 11) is 0. The lowest BCUT2D eigenvalue weighted by atomic mass is 9.95. The lowest BCUT2D eigenvalue weighted by Gasteiger charge is -2.31. The highest BCUT2D eigenvalue weighted by Gasteiger charge is 2.28. The first-order valence-electron chi connectivity index (χ1n) is 11.3. The number of nitrogens with one attached hydrogen (secondary N) is 1. The third-order valence-corrected chi connectivity index (χ3v) is 6.53. The number of halogens is 1. The van der Waals surface area contributed by atoms with Crippen LogP contribution in [0, 0.1) is 6.92 Å². The predicted molar refractivity (Wildman–Crippen MR) is 126 cm³/mol. The van der Waals surface area contributed by atoms with Crippen molar-refractivity contribution in [3.8, 4) is 0 Å². The molecule has 4 nitrogen and oxygen atoms in total. The van der Waals surface area contributed by atoms with Crippen molar-refractivity contribution >= 4 is 23.4 Å². The van der Waals surface area contributed by atoms with Gasteiger partial charge in [0, 0.05) is 24.0 Å². The molecule has 1 atom stereocenters. The lowest BCUT2D eigenvalue weighted by Crippen LogP contribution is -2.50. The second-order valence-electron chi connectivity index (χ2n) is 8.62. The molecule has 2 amide bonds. The van der Waals surface area contributed by atoms with Gasteiger partial charge in [0.05, 0.1) is 0 Å². The van der Waals surface area contributed by atoms with E-state index >= 15 is 0 Å². The van der Waals surface area contributed by atoms with Crippen LogP contribution in [0.5, 0.6) is 0 Å². The SMILES string of the molecule is Cc1ccc(CN(C(=O)CCc2ccccc2Cl)[C@@H](C)C(=O)NC2CCCCC2)cc1. The molecule has 31 heavy (non-hydrogen) atoms. The van der Waals surface area contributed by atoms with Gasteiger partial charge in [-0.15, -0.1) is 0 Å². The van der Waals surface area contributed by atoms with Crippen molar-refractivity contribution in [2.75, 3.05) is 0 Å². The zero-order chi connectivity index (χ0) is 22.2. The molecule has 0 aliphatic heterocycles. The molecule has 0 spiro atoms. The molecule has 2 aromatic rings. The summed E-state index contributed by atoms with van der Waals surface area (Å²) < 4.78 is 0. The fourth-order valence-corrected chi connectivity index (χ4v) is 4.36. The van der Waals surface area contributed by atoms with Gasteiger partial charge in [-0.2, -0.15) is 0 Å². The molecule has 1 N–H and O–H groups in total. The van der Waals surface area contributed by atoms with E-state index in [0.717, 1.165) is 36.8 Å². The standard InChI is InChI=1S/C26H33ClN2O2/c1-19-12-14-21(15-13-19)18-29(20(2)26(31)28-23-9-4-3-5-10-23)25(30)17-16-22-8-6-7-11-24(22)27/h6-8,11-15,20,23H,3-5,9-10,16-18H2,1-2H3,(H,28,31)/t20-/m0/s1. The molecule has 1 aliphatic carbocycles. The van der Waals surface area contributed by atoms with Crippen LogP contribution in [0.25, 0.3) is 0 Å². The number of hydrogen-bond donors (Lipinski definition) is 1. The minimum Gasteiger partial charge on any atom is -0.352 e. The highest BCUT2D eigenvalue weighted by atomic mass is 35.5. The third-order valence-electron chi connectivity index (χ3n) is 6.16. The van der Waals surface area contributed by atoms with E-state index in [9.17, 15) is 9.59 Å². The van der Waals surface area contributed by atoms with Gasteiger partial charge >= 0.3 is 0 Å². The van der Waals surface area contributed by atoms with Gasteiger partial charge in [0.1, 0.15) is 6.04 Å². The summed E-state index contributed by atoms with van der Waals surface area (Å²) >= 11 is 6.26. The summed E-state index contributed by atoms with van der Waals surface area (Å²) in [6, 6.07) is 15.4. The lowest BCUT2D eigenvalue weighted by molar-refractivity contribution is -0.141. The maximum atomic E-state index is 13.2. The van der Waals surface area contributed by atoms with Gasteiger partial charge in [-0.05, 0) is 50.3 Å². The largest absolute Gasteiger partial charge is 0.352 e. The molecule has 2 aromatic carbocycles. The van der Waals surface area contributed by atoms with Gasteiger partial charge in [0.15, 0.2) is 0 Å². The summed E-state index contributed by atoms with van der Waals surface area (Å²) in [5.74, 6) is -0.100. The van der Waals surface area contributed by atoms with Crippen LogP contribution in [0.3, 0.4) is 0 Å². The van der Waals surface area contributed by atoms with Crippen LogP contribution in [0.2, 0.25) is 5.02 Å². The molecular formula is C26H33ClN2O2. The number of rotatable bonds is 8. The Hall–Kier alpha value is -2.33. The van der Waals surface area contributed by atoms with Gasteiger partial charge in [-0.3, -0.25) is 9.59 Å². The van der Waals surface area contributed by atoms with Crippen molar-refractivity contribution in [2.45, 2.75) is 77.4 Å². The Morgan fingerprint density at radius 2 is 1.74 bits per heavy atom. The van der Waals surface area contributed by atoms with Crippen LogP contribution >= 0.6 is 11.6 Å².